The maximum absolute atomic E-state index is 6.86. The highest BCUT2D eigenvalue weighted by Crippen LogP contribution is 2.55. The largest absolute Gasteiger partial charge is 0.463 e. The lowest BCUT2D eigenvalue weighted by Gasteiger charge is -2.45. The van der Waals surface area contributed by atoms with Gasteiger partial charge in [0.05, 0.1) is 5.41 Å². The molecular formula is C25H25NO2. The summed E-state index contributed by atoms with van der Waals surface area (Å²) in [6, 6.07) is 12.8. The highest BCUT2D eigenvalue weighted by atomic mass is 16.5. The molecule has 2 aliphatic heterocycles. The molecule has 1 spiro atoms. The first-order chi connectivity index (χ1) is 13.5. The van der Waals surface area contributed by atoms with Crippen LogP contribution in [0.1, 0.15) is 49.1 Å². The standard InChI is InChI=1S/C25H25NO2/c1-24(2)18-9-5-6-10-19(18)26(3)25(24)15-14-17-21(28-25)12-13-22-23(17)16-8-4-7-11-20(16)27-22/h5-6,9-10,12-15H,4,7-8,11H2,1-3H3. The molecule has 0 saturated heterocycles. The number of nitrogens with zero attached hydrogens (tertiary/aromatic N) is 1. The SMILES string of the molecule is CN1c2ccccc2C(C)(C)C12C=Cc1c(ccc3oc4c(c13)CCCC4)O2. The Kier molecular flexibility index (Phi) is 3.04. The third-order valence-corrected chi connectivity index (χ3v) is 7.19. The van der Waals surface area contributed by atoms with E-state index in [0.717, 1.165) is 24.2 Å². The lowest BCUT2D eigenvalue weighted by atomic mass is 9.76. The predicted molar refractivity (Wildman–Crippen MR) is 113 cm³/mol. The van der Waals surface area contributed by atoms with E-state index < -0.39 is 5.72 Å². The monoisotopic (exact) mass is 371 g/mol. The fourth-order valence-corrected chi connectivity index (χ4v) is 5.62. The van der Waals surface area contributed by atoms with E-state index in [-0.39, 0.29) is 5.41 Å². The molecule has 0 bridgehead atoms. The Balaban J connectivity index is 1.55. The highest BCUT2D eigenvalue weighted by molar-refractivity contribution is 5.94. The number of hydrogen-bond acceptors (Lipinski definition) is 3. The number of likely N-dealkylation sites (N-methyl/N-ethyl adjacent to an activating group) is 1. The number of ether oxygens (including phenoxy) is 1. The first-order valence-electron chi connectivity index (χ1n) is 10.3. The number of furan rings is 1. The molecule has 0 radical (unpaired) electrons. The molecule has 2 aromatic carbocycles. The van der Waals surface area contributed by atoms with E-state index in [1.165, 1.54) is 46.4 Å². The zero-order valence-electron chi connectivity index (χ0n) is 16.7. The normalized spacial score (nSPS) is 24.2. The van der Waals surface area contributed by atoms with Crippen LogP contribution in [0.3, 0.4) is 0 Å². The van der Waals surface area contributed by atoms with Gasteiger partial charge in [-0.05, 0) is 69.0 Å². The second-order valence-electron chi connectivity index (χ2n) is 8.89. The van der Waals surface area contributed by atoms with Crippen LogP contribution in [0, 0.1) is 0 Å². The number of hydrogen-bond donors (Lipinski definition) is 0. The third kappa shape index (κ3) is 1.80. The molecule has 1 atom stereocenters. The molecule has 3 aromatic rings. The minimum absolute atomic E-state index is 0.169. The van der Waals surface area contributed by atoms with Crippen molar-refractivity contribution in [2.75, 3.05) is 11.9 Å². The summed E-state index contributed by atoms with van der Waals surface area (Å²) in [6.45, 7) is 4.56. The van der Waals surface area contributed by atoms with E-state index in [9.17, 15) is 0 Å². The summed E-state index contributed by atoms with van der Waals surface area (Å²) < 4.78 is 13.0. The van der Waals surface area contributed by atoms with E-state index in [2.05, 4.69) is 74.3 Å². The minimum atomic E-state index is -0.527. The molecule has 0 amide bonds. The van der Waals surface area contributed by atoms with Gasteiger partial charge in [-0.25, -0.2) is 0 Å². The molecule has 1 unspecified atom stereocenters. The van der Waals surface area contributed by atoms with Gasteiger partial charge in [0.1, 0.15) is 17.1 Å². The third-order valence-electron chi connectivity index (χ3n) is 7.19. The van der Waals surface area contributed by atoms with Gasteiger partial charge in [-0.15, -0.1) is 0 Å². The van der Waals surface area contributed by atoms with Crippen LogP contribution in [0.5, 0.6) is 5.75 Å². The Labute approximate surface area is 165 Å². The van der Waals surface area contributed by atoms with Crippen LogP contribution in [0.15, 0.2) is 46.9 Å². The fraction of sp³-hybridized carbons (Fsp3) is 0.360. The quantitative estimate of drug-likeness (QED) is 0.496. The van der Waals surface area contributed by atoms with Crippen LogP contribution in [0.2, 0.25) is 0 Å². The van der Waals surface area contributed by atoms with Gasteiger partial charge in [-0.3, -0.25) is 0 Å². The summed E-state index contributed by atoms with van der Waals surface area (Å²) in [7, 11) is 2.14. The van der Waals surface area contributed by atoms with E-state index in [4.69, 9.17) is 9.15 Å². The van der Waals surface area contributed by atoms with Crippen LogP contribution in [0.4, 0.5) is 5.69 Å². The molecule has 3 aliphatic rings. The number of para-hydroxylation sites is 1. The molecule has 6 rings (SSSR count). The molecule has 3 heteroatoms. The molecule has 0 N–H and O–H groups in total. The van der Waals surface area contributed by atoms with Gasteiger partial charge in [0.2, 0.25) is 5.72 Å². The molecule has 3 nitrogen and oxygen atoms in total. The number of aryl methyl sites for hydroxylation is 2. The van der Waals surface area contributed by atoms with Crippen molar-refractivity contribution in [1.29, 1.82) is 0 Å². The average molecular weight is 371 g/mol. The van der Waals surface area contributed by atoms with Gasteiger partial charge in [-0.2, -0.15) is 0 Å². The van der Waals surface area contributed by atoms with Crippen LogP contribution < -0.4 is 9.64 Å². The van der Waals surface area contributed by atoms with Crippen molar-refractivity contribution in [3.8, 4) is 5.75 Å². The summed E-state index contributed by atoms with van der Waals surface area (Å²) in [5.41, 5.74) is 5.44. The van der Waals surface area contributed by atoms with E-state index in [0.29, 0.717) is 0 Å². The molecule has 0 saturated carbocycles. The Morgan fingerprint density at radius 1 is 1.00 bits per heavy atom. The van der Waals surface area contributed by atoms with Crippen molar-refractivity contribution in [1.82, 2.24) is 0 Å². The van der Waals surface area contributed by atoms with Gasteiger partial charge >= 0.3 is 0 Å². The zero-order chi connectivity index (χ0) is 19.1. The second kappa shape index (κ2) is 5.22. The molecule has 28 heavy (non-hydrogen) atoms. The van der Waals surface area contributed by atoms with Crippen LogP contribution >= 0.6 is 0 Å². The zero-order valence-corrected chi connectivity index (χ0v) is 16.7. The Bertz CT molecular complexity index is 1150. The number of anilines is 1. The molecule has 1 aromatic heterocycles. The van der Waals surface area contributed by atoms with Crippen LogP contribution in [0.25, 0.3) is 17.0 Å². The van der Waals surface area contributed by atoms with Crippen molar-refractivity contribution in [3.63, 3.8) is 0 Å². The van der Waals surface area contributed by atoms with Gasteiger partial charge in [0, 0.05) is 35.7 Å². The second-order valence-corrected chi connectivity index (χ2v) is 8.89. The molecule has 0 fully saturated rings. The first kappa shape index (κ1) is 16.3. The summed E-state index contributed by atoms with van der Waals surface area (Å²) in [5.74, 6) is 2.13. The summed E-state index contributed by atoms with van der Waals surface area (Å²) in [4.78, 5) is 2.29. The number of fused-ring (bicyclic) bond motifs is 6. The van der Waals surface area contributed by atoms with Gasteiger partial charge in [0.15, 0.2) is 0 Å². The van der Waals surface area contributed by atoms with Crippen molar-refractivity contribution < 1.29 is 9.15 Å². The fourth-order valence-electron chi connectivity index (χ4n) is 5.62. The molecular weight excluding hydrogens is 346 g/mol. The predicted octanol–water partition coefficient (Wildman–Crippen LogP) is 5.84. The van der Waals surface area contributed by atoms with Gasteiger partial charge in [-0.1, -0.05) is 18.2 Å². The van der Waals surface area contributed by atoms with Crippen molar-refractivity contribution in [2.45, 2.75) is 50.7 Å². The average Bonchev–Trinajstić information content (AvgIpc) is 3.17. The van der Waals surface area contributed by atoms with E-state index in [1.54, 1.807) is 0 Å². The Morgan fingerprint density at radius 3 is 2.68 bits per heavy atom. The topological polar surface area (TPSA) is 25.6 Å². The summed E-state index contributed by atoms with van der Waals surface area (Å²) >= 11 is 0. The van der Waals surface area contributed by atoms with E-state index in [1.807, 2.05) is 0 Å². The van der Waals surface area contributed by atoms with E-state index >= 15 is 0 Å². The minimum Gasteiger partial charge on any atom is -0.463 e. The molecule has 3 heterocycles. The van der Waals surface area contributed by atoms with Gasteiger partial charge in [0.25, 0.3) is 0 Å². The Morgan fingerprint density at radius 2 is 1.82 bits per heavy atom. The highest BCUT2D eigenvalue weighted by Gasteiger charge is 2.57. The summed E-state index contributed by atoms with van der Waals surface area (Å²) in [5, 5.41) is 1.26. The Hall–Kier alpha value is -2.68. The number of benzene rings is 2. The van der Waals surface area contributed by atoms with Crippen molar-refractivity contribution in [2.24, 2.45) is 0 Å². The number of rotatable bonds is 0. The first-order valence-corrected chi connectivity index (χ1v) is 10.3. The van der Waals surface area contributed by atoms with Crippen molar-refractivity contribution in [3.05, 3.63) is 64.9 Å². The maximum Gasteiger partial charge on any atom is 0.211 e. The van der Waals surface area contributed by atoms with Crippen LogP contribution in [-0.4, -0.2) is 12.8 Å². The van der Waals surface area contributed by atoms with Crippen molar-refractivity contribution >= 4 is 22.7 Å². The smallest absolute Gasteiger partial charge is 0.211 e. The summed E-state index contributed by atoms with van der Waals surface area (Å²) in [6.07, 6.45) is 9.16. The lowest BCUT2D eigenvalue weighted by molar-refractivity contribution is 0.0584. The lowest BCUT2D eigenvalue weighted by Crippen LogP contribution is -2.58. The van der Waals surface area contributed by atoms with Crippen LogP contribution in [-0.2, 0) is 18.3 Å². The van der Waals surface area contributed by atoms with Gasteiger partial charge < -0.3 is 14.1 Å². The maximum atomic E-state index is 6.86. The molecule has 1 aliphatic carbocycles. The molecule has 142 valence electrons.